The normalized spacial score (nSPS) is 10.7. The quantitative estimate of drug-likeness (QED) is 0.908. The number of benzene rings is 1. The van der Waals surface area contributed by atoms with Gasteiger partial charge in [0, 0.05) is 31.1 Å². The highest BCUT2D eigenvalue weighted by atomic mass is 16.2. The monoisotopic (exact) mass is 272 g/mol. The number of fused-ring (bicyclic) bond motifs is 1. The molecule has 0 aliphatic rings. The number of pyridine rings is 1. The first-order valence-corrected chi connectivity index (χ1v) is 6.96. The maximum Gasteiger partial charge on any atom is 0.251 e. The fraction of sp³-hybridized carbons (Fsp3) is 0.375. The maximum absolute atomic E-state index is 12.0. The van der Waals surface area contributed by atoms with Crippen LogP contribution in [0.15, 0.2) is 35.1 Å². The number of para-hydroxylation sites is 1. The molecule has 0 saturated carbocycles. The van der Waals surface area contributed by atoms with Crippen molar-refractivity contribution in [1.82, 2.24) is 9.88 Å². The van der Waals surface area contributed by atoms with Crippen molar-refractivity contribution in [1.29, 1.82) is 0 Å². The Labute approximate surface area is 118 Å². The lowest BCUT2D eigenvalue weighted by Gasteiger charge is -2.15. The van der Waals surface area contributed by atoms with E-state index in [9.17, 15) is 9.59 Å². The van der Waals surface area contributed by atoms with E-state index in [1.807, 2.05) is 37.3 Å². The molecule has 0 spiro atoms. The van der Waals surface area contributed by atoms with E-state index in [4.69, 9.17) is 0 Å². The summed E-state index contributed by atoms with van der Waals surface area (Å²) in [6, 6.07) is 9.54. The van der Waals surface area contributed by atoms with Crippen molar-refractivity contribution in [3.8, 4) is 0 Å². The topological polar surface area (TPSA) is 53.2 Å². The Balaban J connectivity index is 2.12. The third kappa shape index (κ3) is 3.26. The predicted molar refractivity (Wildman–Crippen MR) is 80.8 cm³/mol. The summed E-state index contributed by atoms with van der Waals surface area (Å²) in [4.78, 5) is 28.4. The third-order valence-electron chi connectivity index (χ3n) is 3.42. The van der Waals surface area contributed by atoms with Gasteiger partial charge >= 0.3 is 0 Å². The summed E-state index contributed by atoms with van der Waals surface area (Å²) in [6.07, 6.45) is 1.80. The fourth-order valence-electron chi connectivity index (χ4n) is 2.27. The van der Waals surface area contributed by atoms with E-state index >= 15 is 0 Å². The Hall–Kier alpha value is -2.10. The van der Waals surface area contributed by atoms with Crippen molar-refractivity contribution in [3.05, 3.63) is 46.2 Å². The van der Waals surface area contributed by atoms with Gasteiger partial charge in [0.15, 0.2) is 0 Å². The van der Waals surface area contributed by atoms with Crippen molar-refractivity contribution in [2.45, 2.75) is 26.2 Å². The lowest BCUT2D eigenvalue weighted by Crippen LogP contribution is -2.28. The molecule has 1 amide bonds. The van der Waals surface area contributed by atoms with Crippen LogP contribution in [0.1, 0.15) is 25.3 Å². The highest BCUT2D eigenvalue weighted by Crippen LogP contribution is 2.11. The zero-order valence-electron chi connectivity index (χ0n) is 12.0. The second kappa shape index (κ2) is 6.37. The molecule has 1 heterocycles. The molecule has 1 N–H and O–H groups in total. The van der Waals surface area contributed by atoms with Gasteiger partial charge in [-0.3, -0.25) is 9.59 Å². The van der Waals surface area contributed by atoms with Crippen LogP contribution in [0.2, 0.25) is 0 Å². The van der Waals surface area contributed by atoms with Gasteiger partial charge in [-0.15, -0.1) is 0 Å². The van der Waals surface area contributed by atoms with E-state index in [0.717, 1.165) is 23.9 Å². The number of nitrogens with zero attached hydrogens (tertiary/aromatic N) is 1. The van der Waals surface area contributed by atoms with E-state index in [1.54, 1.807) is 11.9 Å². The van der Waals surface area contributed by atoms with Gasteiger partial charge in [0.1, 0.15) is 0 Å². The Bertz CT molecular complexity index is 661. The number of H-pyrrole nitrogens is 1. The summed E-state index contributed by atoms with van der Waals surface area (Å²) in [5.74, 6) is 0.0828. The fourth-order valence-corrected chi connectivity index (χ4v) is 2.27. The summed E-state index contributed by atoms with van der Waals surface area (Å²) in [5.41, 5.74) is 1.40. The molecule has 0 aliphatic carbocycles. The molecule has 0 saturated heterocycles. The summed E-state index contributed by atoms with van der Waals surface area (Å²) in [5, 5.41) is 0.997. The molecule has 20 heavy (non-hydrogen) atoms. The Morgan fingerprint density at radius 3 is 2.80 bits per heavy atom. The van der Waals surface area contributed by atoms with Crippen molar-refractivity contribution >= 4 is 16.8 Å². The van der Waals surface area contributed by atoms with Crippen molar-refractivity contribution < 1.29 is 4.79 Å². The van der Waals surface area contributed by atoms with Gasteiger partial charge < -0.3 is 9.88 Å². The van der Waals surface area contributed by atoms with Gasteiger partial charge in [-0.05, 0) is 30.4 Å². The molecular weight excluding hydrogens is 252 g/mol. The number of amides is 1. The summed E-state index contributed by atoms with van der Waals surface area (Å²) in [6.45, 7) is 2.80. The number of aryl methyl sites for hydroxylation is 1. The largest absolute Gasteiger partial charge is 0.346 e. The number of aromatic nitrogens is 1. The van der Waals surface area contributed by atoms with Crippen LogP contribution in [-0.4, -0.2) is 29.4 Å². The Morgan fingerprint density at radius 2 is 2.05 bits per heavy atom. The van der Waals surface area contributed by atoms with Crippen LogP contribution in [0, 0.1) is 0 Å². The summed E-state index contributed by atoms with van der Waals surface area (Å²) in [7, 11) is 1.80. The third-order valence-corrected chi connectivity index (χ3v) is 3.42. The van der Waals surface area contributed by atoms with Crippen LogP contribution >= 0.6 is 0 Å². The van der Waals surface area contributed by atoms with Crippen molar-refractivity contribution in [2.24, 2.45) is 0 Å². The molecule has 2 rings (SSSR count). The average molecular weight is 272 g/mol. The molecule has 0 bridgehead atoms. The molecular formula is C16H20N2O2. The second-order valence-electron chi connectivity index (χ2n) is 5.03. The van der Waals surface area contributed by atoms with Gasteiger partial charge in [0.2, 0.25) is 5.91 Å². The minimum atomic E-state index is -0.102. The molecule has 106 valence electrons. The molecule has 1 aromatic carbocycles. The molecule has 4 nitrogen and oxygen atoms in total. The van der Waals surface area contributed by atoms with Crippen LogP contribution in [0.25, 0.3) is 10.9 Å². The van der Waals surface area contributed by atoms with Crippen LogP contribution in [0.3, 0.4) is 0 Å². The standard InChI is InChI=1S/C16H20N2O2/c1-3-10-18(2)15(19)9-8-13-11-12-6-4-5-7-14(12)17-16(13)20/h4-7,11H,3,8-10H2,1-2H3,(H,17,20). The number of rotatable bonds is 5. The number of nitrogens with one attached hydrogen (secondary N) is 1. The van der Waals surface area contributed by atoms with Gasteiger partial charge in [0.25, 0.3) is 5.56 Å². The molecule has 0 radical (unpaired) electrons. The van der Waals surface area contributed by atoms with E-state index in [-0.39, 0.29) is 11.5 Å². The second-order valence-corrected chi connectivity index (χ2v) is 5.03. The Kier molecular flexibility index (Phi) is 4.56. The molecule has 0 aliphatic heterocycles. The van der Waals surface area contributed by atoms with Crippen molar-refractivity contribution in [3.63, 3.8) is 0 Å². The first-order valence-electron chi connectivity index (χ1n) is 6.96. The summed E-state index contributed by atoms with van der Waals surface area (Å²) < 4.78 is 0. The molecule has 0 fully saturated rings. The van der Waals surface area contributed by atoms with Crippen LogP contribution in [-0.2, 0) is 11.2 Å². The molecule has 0 atom stereocenters. The van der Waals surface area contributed by atoms with Gasteiger partial charge in [-0.25, -0.2) is 0 Å². The van der Waals surface area contributed by atoms with Crippen LogP contribution in [0.4, 0.5) is 0 Å². The molecule has 1 aromatic heterocycles. The first kappa shape index (κ1) is 14.3. The first-order chi connectivity index (χ1) is 9.61. The SMILES string of the molecule is CCCN(C)C(=O)CCc1cc2ccccc2[nH]c1=O. The predicted octanol–water partition coefficient (Wildman–Crippen LogP) is 2.33. The Morgan fingerprint density at radius 1 is 1.30 bits per heavy atom. The number of aromatic amines is 1. The molecule has 2 aromatic rings. The molecule has 4 heteroatoms. The van der Waals surface area contributed by atoms with Gasteiger partial charge in [-0.1, -0.05) is 25.1 Å². The number of carbonyl (C=O) groups is 1. The smallest absolute Gasteiger partial charge is 0.251 e. The highest BCUT2D eigenvalue weighted by Gasteiger charge is 2.10. The lowest BCUT2D eigenvalue weighted by molar-refractivity contribution is -0.129. The minimum absolute atomic E-state index is 0.0828. The maximum atomic E-state index is 12.0. The highest BCUT2D eigenvalue weighted by molar-refractivity contribution is 5.79. The van der Waals surface area contributed by atoms with Crippen LogP contribution in [0.5, 0.6) is 0 Å². The minimum Gasteiger partial charge on any atom is -0.346 e. The number of hydrogen-bond acceptors (Lipinski definition) is 2. The van der Waals surface area contributed by atoms with Crippen LogP contribution < -0.4 is 5.56 Å². The number of hydrogen-bond donors (Lipinski definition) is 1. The molecule has 0 unspecified atom stereocenters. The van der Waals surface area contributed by atoms with Gasteiger partial charge in [0.05, 0.1) is 0 Å². The zero-order chi connectivity index (χ0) is 14.5. The van der Waals surface area contributed by atoms with E-state index in [0.29, 0.717) is 18.4 Å². The number of carbonyl (C=O) groups excluding carboxylic acids is 1. The van der Waals surface area contributed by atoms with E-state index in [1.165, 1.54) is 0 Å². The van der Waals surface area contributed by atoms with E-state index in [2.05, 4.69) is 4.98 Å². The summed E-state index contributed by atoms with van der Waals surface area (Å²) >= 11 is 0. The zero-order valence-corrected chi connectivity index (χ0v) is 12.0. The van der Waals surface area contributed by atoms with Crippen molar-refractivity contribution in [2.75, 3.05) is 13.6 Å². The average Bonchev–Trinajstić information content (AvgIpc) is 2.45. The lowest BCUT2D eigenvalue weighted by atomic mass is 10.1. The van der Waals surface area contributed by atoms with Gasteiger partial charge in [-0.2, -0.15) is 0 Å². The van der Waals surface area contributed by atoms with E-state index < -0.39 is 0 Å².